The third-order valence-electron chi connectivity index (χ3n) is 1.69. The molecule has 0 saturated carbocycles. The van der Waals surface area contributed by atoms with Crippen LogP contribution in [-0.2, 0) is 0 Å². The zero-order valence-corrected chi connectivity index (χ0v) is 6.53. The van der Waals surface area contributed by atoms with Crippen molar-refractivity contribution in [2.45, 2.75) is 5.92 Å². The lowest BCUT2D eigenvalue weighted by molar-refractivity contribution is 1.09. The Morgan fingerprint density at radius 3 is 2.00 bits per heavy atom. The second kappa shape index (κ2) is 3.77. The van der Waals surface area contributed by atoms with Crippen molar-refractivity contribution in [1.82, 2.24) is 0 Å². The van der Waals surface area contributed by atoms with Crippen LogP contribution < -0.4 is 0 Å². The highest BCUT2D eigenvalue weighted by Crippen LogP contribution is 2.16. The van der Waals surface area contributed by atoms with E-state index in [9.17, 15) is 0 Å². The first-order chi connectivity index (χ1) is 5.38. The van der Waals surface area contributed by atoms with Crippen molar-refractivity contribution in [2.75, 3.05) is 0 Å². The summed E-state index contributed by atoms with van der Waals surface area (Å²) in [5.41, 5.74) is 1.25. The third kappa shape index (κ3) is 1.81. The molecule has 0 atom stereocenters. The molecule has 0 aliphatic carbocycles. The van der Waals surface area contributed by atoms with Gasteiger partial charge in [0.25, 0.3) is 0 Å². The average molecular weight is 144 g/mol. The molecular formula is C11H12. The second-order valence-corrected chi connectivity index (χ2v) is 2.41. The van der Waals surface area contributed by atoms with Crippen molar-refractivity contribution in [3.63, 3.8) is 0 Å². The number of hydrogen-bond acceptors (Lipinski definition) is 0. The maximum atomic E-state index is 3.74. The minimum atomic E-state index is 0.288. The van der Waals surface area contributed by atoms with E-state index in [0.29, 0.717) is 0 Å². The highest BCUT2D eigenvalue weighted by molar-refractivity contribution is 5.26. The molecule has 1 rings (SSSR count). The van der Waals surface area contributed by atoms with Crippen LogP contribution in [0, 0.1) is 0 Å². The summed E-state index contributed by atoms with van der Waals surface area (Å²) < 4.78 is 0. The summed E-state index contributed by atoms with van der Waals surface area (Å²) in [5.74, 6) is 0.288. The minimum Gasteiger partial charge on any atom is -0.102 e. The molecule has 0 aliphatic heterocycles. The molecule has 11 heavy (non-hydrogen) atoms. The van der Waals surface area contributed by atoms with Gasteiger partial charge in [-0.1, -0.05) is 42.5 Å². The Bertz CT molecular complexity index is 225. The van der Waals surface area contributed by atoms with Crippen LogP contribution in [0.5, 0.6) is 0 Å². The SMILES string of the molecule is C=CC(C=C)c1ccccc1. The Balaban J connectivity index is 2.90. The number of allylic oxidation sites excluding steroid dienone is 2. The normalized spacial score (nSPS) is 9.55. The fourth-order valence-corrected chi connectivity index (χ4v) is 1.04. The van der Waals surface area contributed by atoms with E-state index in [4.69, 9.17) is 0 Å². The molecule has 0 radical (unpaired) electrons. The lowest BCUT2D eigenvalue weighted by Crippen LogP contribution is -1.87. The Labute approximate surface area is 67.9 Å². The molecule has 0 spiro atoms. The van der Waals surface area contributed by atoms with Gasteiger partial charge in [-0.2, -0.15) is 0 Å². The zero-order chi connectivity index (χ0) is 8.10. The molecular weight excluding hydrogens is 132 g/mol. The van der Waals surface area contributed by atoms with Crippen LogP contribution >= 0.6 is 0 Å². The monoisotopic (exact) mass is 144 g/mol. The lowest BCUT2D eigenvalue weighted by atomic mass is 10.00. The Kier molecular flexibility index (Phi) is 2.67. The highest BCUT2D eigenvalue weighted by atomic mass is 14.0. The fraction of sp³-hybridized carbons (Fsp3) is 0.0909. The van der Waals surface area contributed by atoms with Gasteiger partial charge in [0.15, 0.2) is 0 Å². The molecule has 0 N–H and O–H groups in total. The Hall–Kier alpha value is -1.30. The summed E-state index contributed by atoms with van der Waals surface area (Å²) in [7, 11) is 0. The van der Waals surface area contributed by atoms with Crippen molar-refractivity contribution in [1.29, 1.82) is 0 Å². The minimum absolute atomic E-state index is 0.288. The van der Waals surface area contributed by atoms with E-state index in [1.54, 1.807) is 0 Å². The van der Waals surface area contributed by atoms with Gasteiger partial charge in [0.1, 0.15) is 0 Å². The quantitative estimate of drug-likeness (QED) is 0.572. The third-order valence-corrected chi connectivity index (χ3v) is 1.69. The van der Waals surface area contributed by atoms with Crippen molar-refractivity contribution in [2.24, 2.45) is 0 Å². The molecule has 0 heteroatoms. The maximum absolute atomic E-state index is 3.74. The number of hydrogen-bond donors (Lipinski definition) is 0. The largest absolute Gasteiger partial charge is 0.102 e. The van der Waals surface area contributed by atoms with E-state index in [0.717, 1.165) is 0 Å². The van der Waals surface area contributed by atoms with Crippen LogP contribution in [0.25, 0.3) is 0 Å². The van der Waals surface area contributed by atoms with Gasteiger partial charge in [-0.05, 0) is 5.56 Å². The van der Waals surface area contributed by atoms with Crippen molar-refractivity contribution in [3.05, 3.63) is 61.2 Å². The molecule has 0 saturated heterocycles. The average Bonchev–Trinajstić information content (AvgIpc) is 2.09. The van der Waals surface area contributed by atoms with E-state index in [-0.39, 0.29) is 5.92 Å². The maximum Gasteiger partial charge on any atom is 0.0193 e. The van der Waals surface area contributed by atoms with Crippen LogP contribution in [-0.4, -0.2) is 0 Å². The van der Waals surface area contributed by atoms with Crippen LogP contribution in [0.3, 0.4) is 0 Å². The van der Waals surface area contributed by atoms with E-state index >= 15 is 0 Å². The first-order valence-corrected chi connectivity index (χ1v) is 3.68. The predicted octanol–water partition coefficient (Wildman–Crippen LogP) is 3.14. The van der Waals surface area contributed by atoms with Gasteiger partial charge in [0.2, 0.25) is 0 Å². The smallest absolute Gasteiger partial charge is 0.0193 e. The van der Waals surface area contributed by atoms with Crippen molar-refractivity contribution in [3.8, 4) is 0 Å². The fourth-order valence-electron chi connectivity index (χ4n) is 1.04. The molecule has 0 fully saturated rings. The molecule has 1 aromatic carbocycles. The molecule has 0 aliphatic rings. The summed E-state index contributed by atoms with van der Waals surface area (Å²) in [6.07, 6.45) is 3.78. The molecule has 0 amide bonds. The molecule has 56 valence electrons. The van der Waals surface area contributed by atoms with Gasteiger partial charge < -0.3 is 0 Å². The van der Waals surface area contributed by atoms with Crippen LogP contribution in [0.2, 0.25) is 0 Å². The van der Waals surface area contributed by atoms with E-state index in [2.05, 4.69) is 25.3 Å². The van der Waals surface area contributed by atoms with E-state index < -0.39 is 0 Å². The first kappa shape index (κ1) is 7.80. The molecule has 0 bridgehead atoms. The van der Waals surface area contributed by atoms with Crippen LogP contribution in [0.4, 0.5) is 0 Å². The summed E-state index contributed by atoms with van der Waals surface area (Å²) in [4.78, 5) is 0. The van der Waals surface area contributed by atoms with Crippen LogP contribution in [0.15, 0.2) is 55.6 Å². The summed E-state index contributed by atoms with van der Waals surface area (Å²) >= 11 is 0. The highest BCUT2D eigenvalue weighted by Gasteiger charge is 1.98. The Morgan fingerprint density at radius 1 is 1.00 bits per heavy atom. The number of benzene rings is 1. The van der Waals surface area contributed by atoms with Gasteiger partial charge in [0.05, 0.1) is 0 Å². The van der Waals surface area contributed by atoms with E-state index in [1.165, 1.54) is 5.56 Å². The standard InChI is InChI=1S/C11H12/c1-3-10(4-2)11-8-6-5-7-9-11/h3-10H,1-2H2. The molecule has 0 heterocycles. The summed E-state index contributed by atoms with van der Waals surface area (Å²) in [5, 5.41) is 0. The van der Waals surface area contributed by atoms with Gasteiger partial charge in [-0.3, -0.25) is 0 Å². The van der Waals surface area contributed by atoms with Crippen LogP contribution in [0.1, 0.15) is 11.5 Å². The van der Waals surface area contributed by atoms with Crippen molar-refractivity contribution < 1.29 is 0 Å². The predicted molar refractivity (Wildman–Crippen MR) is 49.6 cm³/mol. The summed E-state index contributed by atoms with van der Waals surface area (Å²) in [6.45, 7) is 7.47. The summed E-state index contributed by atoms with van der Waals surface area (Å²) in [6, 6.07) is 10.2. The topological polar surface area (TPSA) is 0 Å². The molecule has 0 unspecified atom stereocenters. The van der Waals surface area contributed by atoms with Gasteiger partial charge in [0, 0.05) is 5.92 Å². The zero-order valence-electron chi connectivity index (χ0n) is 6.53. The van der Waals surface area contributed by atoms with Gasteiger partial charge in [-0.25, -0.2) is 0 Å². The molecule has 0 nitrogen and oxygen atoms in total. The van der Waals surface area contributed by atoms with Gasteiger partial charge in [-0.15, -0.1) is 13.2 Å². The lowest BCUT2D eigenvalue weighted by Gasteiger charge is -2.05. The van der Waals surface area contributed by atoms with Crippen molar-refractivity contribution >= 4 is 0 Å². The molecule has 1 aromatic rings. The van der Waals surface area contributed by atoms with Gasteiger partial charge >= 0.3 is 0 Å². The first-order valence-electron chi connectivity index (χ1n) is 3.68. The second-order valence-electron chi connectivity index (χ2n) is 2.41. The Morgan fingerprint density at radius 2 is 1.55 bits per heavy atom. The molecule has 0 aromatic heterocycles. The van der Waals surface area contributed by atoms with E-state index in [1.807, 2.05) is 30.4 Å². The number of rotatable bonds is 3.